The van der Waals surface area contributed by atoms with Crippen molar-refractivity contribution in [3.8, 4) is 17.2 Å². The number of aliphatic hydroxyl groups is 1. The normalized spacial score (nSPS) is 12.5. The second-order valence-corrected chi connectivity index (χ2v) is 11.5. The lowest BCUT2D eigenvalue weighted by molar-refractivity contribution is 0.0982. The molecule has 4 aromatic rings. The van der Waals surface area contributed by atoms with Crippen LogP contribution in [0.3, 0.4) is 0 Å². The number of aliphatic hydroxyl groups excluding tert-OH is 1. The van der Waals surface area contributed by atoms with Crippen molar-refractivity contribution in [3.63, 3.8) is 0 Å². The van der Waals surface area contributed by atoms with Gasteiger partial charge in [0.05, 0.1) is 28.8 Å². The van der Waals surface area contributed by atoms with Crippen LogP contribution in [0.15, 0.2) is 52.9 Å². The summed E-state index contributed by atoms with van der Waals surface area (Å²) in [5, 5.41) is 9.56. The maximum absolute atomic E-state index is 13.5. The zero-order valence-electron chi connectivity index (χ0n) is 22.9. The molecule has 0 saturated carbocycles. The Hall–Kier alpha value is -3.69. The molecule has 0 radical (unpaired) electrons. The number of amides is 1. The molecular formula is C30H34N2O6S. The van der Waals surface area contributed by atoms with Crippen molar-refractivity contribution in [1.82, 2.24) is 9.71 Å². The molecular weight excluding hydrogens is 516 g/mol. The predicted octanol–water partition coefficient (Wildman–Crippen LogP) is 5.56. The van der Waals surface area contributed by atoms with E-state index in [1.54, 1.807) is 12.1 Å². The Labute approximate surface area is 229 Å². The molecule has 0 fully saturated rings. The van der Waals surface area contributed by atoms with E-state index in [2.05, 4.69) is 11.6 Å². The number of pyridine rings is 1. The summed E-state index contributed by atoms with van der Waals surface area (Å²) in [4.78, 5) is 18.4. The van der Waals surface area contributed by atoms with E-state index in [-0.39, 0.29) is 11.7 Å². The number of fused-ring (bicyclic) bond motifs is 1. The molecule has 1 atom stereocenters. The van der Waals surface area contributed by atoms with Gasteiger partial charge in [0.25, 0.3) is 5.91 Å². The Bertz CT molecular complexity index is 1610. The van der Waals surface area contributed by atoms with E-state index in [1.807, 2.05) is 64.1 Å². The molecule has 0 aliphatic heterocycles. The highest BCUT2D eigenvalue weighted by Gasteiger charge is 2.25. The summed E-state index contributed by atoms with van der Waals surface area (Å²) < 4.78 is 39.5. The second kappa shape index (κ2) is 11.6. The number of carbonyl (C=O) groups is 1. The molecule has 2 heterocycles. The highest BCUT2D eigenvalue weighted by Crippen LogP contribution is 2.38. The summed E-state index contributed by atoms with van der Waals surface area (Å²) in [5.74, 6) is 0.352. The summed E-state index contributed by atoms with van der Waals surface area (Å²) in [6.45, 7) is 9.17. The van der Waals surface area contributed by atoms with Gasteiger partial charge >= 0.3 is 0 Å². The molecule has 0 aliphatic carbocycles. The van der Waals surface area contributed by atoms with Crippen LogP contribution in [0.4, 0.5) is 0 Å². The molecule has 0 unspecified atom stereocenters. The molecule has 206 valence electrons. The summed E-state index contributed by atoms with van der Waals surface area (Å²) >= 11 is 0. The van der Waals surface area contributed by atoms with Gasteiger partial charge in [-0.25, -0.2) is 18.1 Å². The average Bonchev–Trinajstić information content (AvgIpc) is 3.18. The van der Waals surface area contributed by atoms with Crippen LogP contribution in [-0.4, -0.2) is 36.8 Å². The molecule has 2 aromatic heterocycles. The van der Waals surface area contributed by atoms with E-state index in [0.717, 1.165) is 40.9 Å². The van der Waals surface area contributed by atoms with Crippen molar-refractivity contribution < 1.29 is 27.5 Å². The maximum atomic E-state index is 13.5. The predicted molar refractivity (Wildman–Crippen MR) is 151 cm³/mol. The van der Waals surface area contributed by atoms with E-state index >= 15 is 0 Å². The van der Waals surface area contributed by atoms with Gasteiger partial charge in [-0.05, 0) is 62.9 Å². The fraction of sp³-hybridized carbons (Fsp3) is 0.333. The summed E-state index contributed by atoms with van der Waals surface area (Å²) in [7, 11) is -4.07. The number of ether oxygens (including phenoxy) is 1. The van der Waals surface area contributed by atoms with Crippen molar-refractivity contribution >= 4 is 26.8 Å². The molecule has 4 rings (SSSR count). The molecule has 0 spiro atoms. The first kappa shape index (κ1) is 28.3. The number of hydrogen-bond donors (Lipinski definition) is 2. The number of aryl methyl sites for hydroxylation is 2. The number of sulfonamides is 1. The highest BCUT2D eigenvalue weighted by molar-refractivity contribution is 7.90. The Kier molecular flexibility index (Phi) is 8.42. The number of carbonyl (C=O) groups excluding carboxylic acids is 1. The maximum Gasteiger partial charge on any atom is 0.265 e. The topological polar surface area (TPSA) is 119 Å². The van der Waals surface area contributed by atoms with Gasteiger partial charge in [0, 0.05) is 12.0 Å². The Balaban J connectivity index is 1.94. The largest absolute Gasteiger partial charge is 0.485 e. The van der Waals surface area contributed by atoms with Gasteiger partial charge in [-0.15, -0.1) is 0 Å². The number of benzene rings is 2. The van der Waals surface area contributed by atoms with Crippen LogP contribution >= 0.6 is 0 Å². The molecule has 39 heavy (non-hydrogen) atoms. The zero-order valence-corrected chi connectivity index (χ0v) is 23.7. The lowest BCUT2D eigenvalue weighted by Crippen LogP contribution is -2.33. The number of nitrogens with one attached hydrogen (secondary N) is 1. The van der Waals surface area contributed by atoms with Gasteiger partial charge < -0.3 is 14.3 Å². The van der Waals surface area contributed by atoms with Gasteiger partial charge in [-0.2, -0.15) is 0 Å². The Morgan fingerprint density at radius 2 is 1.82 bits per heavy atom. The highest BCUT2D eigenvalue weighted by atomic mass is 32.2. The van der Waals surface area contributed by atoms with E-state index < -0.39 is 28.3 Å². The van der Waals surface area contributed by atoms with Crippen LogP contribution in [0.5, 0.6) is 5.75 Å². The molecule has 0 saturated heterocycles. The molecule has 2 aromatic carbocycles. The van der Waals surface area contributed by atoms with Crippen LogP contribution in [-0.2, 0) is 16.4 Å². The number of hydrogen-bond acceptors (Lipinski definition) is 7. The van der Waals surface area contributed by atoms with Crippen molar-refractivity contribution in [2.45, 2.75) is 53.6 Å². The van der Waals surface area contributed by atoms with Crippen LogP contribution in [0.25, 0.3) is 22.4 Å². The summed E-state index contributed by atoms with van der Waals surface area (Å²) in [6, 6.07) is 14.8. The molecule has 2 N–H and O–H groups in total. The minimum absolute atomic E-state index is 0.0842. The number of nitrogens with zero attached hydrogens (tertiary/aromatic N) is 1. The average molecular weight is 551 g/mol. The van der Waals surface area contributed by atoms with E-state index in [0.29, 0.717) is 28.1 Å². The molecule has 0 aliphatic rings. The third-order valence-corrected chi connectivity index (χ3v) is 8.02. The van der Waals surface area contributed by atoms with Crippen molar-refractivity contribution in [3.05, 3.63) is 82.1 Å². The summed E-state index contributed by atoms with van der Waals surface area (Å²) in [5.41, 5.74) is 4.67. The lowest BCUT2D eigenvalue weighted by Gasteiger charge is -2.19. The number of furan rings is 1. The second-order valence-electron chi connectivity index (χ2n) is 9.66. The Morgan fingerprint density at radius 3 is 2.49 bits per heavy atom. The van der Waals surface area contributed by atoms with Gasteiger partial charge in [0.1, 0.15) is 23.3 Å². The third-order valence-electron chi connectivity index (χ3n) is 6.81. The van der Waals surface area contributed by atoms with E-state index in [4.69, 9.17) is 19.2 Å². The van der Waals surface area contributed by atoms with Crippen molar-refractivity contribution in [2.75, 3.05) is 12.4 Å². The standard InChI is InChI=1S/C30H34N2O6S/c1-6-10-25-19(3)20(4)29(38-25)24-17-23(30(34)32-39(35,36)16-15-33)27-26(14-13-18(2)28(27)31-24)37-21(5)22-11-8-7-9-12-22/h7-9,11-14,17,21,33H,6,10,15-16H2,1-5H3,(H,32,34)/t21-/m1/s1. The van der Waals surface area contributed by atoms with Crippen LogP contribution in [0.2, 0.25) is 0 Å². The van der Waals surface area contributed by atoms with Gasteiger partial charge in [-0.3, -0.25) is 4.79 Å². The van der Waals surface area contributed by atoms with Gasteiger partial charge in [-0.1, -0.05) is 43.3 Å². The quantitative estimate of drug-likeness (QED) is 0.265. The molecule has 8 nitrogen and oxygen atoms in total. The fourth-order valence-electron chi connectivity index (χ4n) is 4.55. The third kappa shape index (κ3) is 5.99. The first-order chi connectivity index (χ1) is 18.6. The first-order valence-electron chi connectivity index (χ1n) is 13.0. The fourth-order valence-corrected chi connectivity index (χ4v) is 5.29. The smallest absolute Gasteiger partial charge is 0.265 e. The van der Waals surface area contributed by atoms with Crippen LogP contribution in [0.1, 0.15) is 64.7 Å². The van der Waals surface area contributed by atoms with Crippen molar-refractivity contribution in [1.29, 1.82) is 0 Å². The van der Waals surface area contributed by atoms with E-state index in [9.17, 15) is 13.2 Å². The van der Waals surface area contributed by atoms with Gasteiger partial charge in [0.2, 0.25) is 10.0 Å². The van der Waals surface area contributed by atoms with Crippen LogP contribution in [0, 0.1) is 20.8 Å². The lowest BCUT2D eigenvalue weighted by atomic mass is 10.0. The number of aromatic nitrogens is 1. The minimum Gasteiger partial charge on any atom is -0.485 e. The molecule has 9 heteroatoms. The summed E-state index contributed by atoms with van der Waals surface area (Å²) in [6.07, 6.45) is 1.33. The van der Waals surface area contributed by atoms with E-state index in [1.165, 1.54) is 0 Å². The minimum atomic E-state index is -4.07. The monoisotopic (exact) mass is 550 g/mol. The Morgan fingerprint density at radius 1 is 1.10 bits per heavy atom. The molecule has 1 amide bonds. The first-order valence-corrected chi connectivity index (χ1v) is 14.6. The van der Waals surface area contributed by atoms with Crippen molar-refractivity contribution in [2.24, 2.45) is 0 Å². The SMILES string of the molecule is CCCc1oc(-c2cc(C(=O)NS(=O)(=O)CCO)c3c(O[C@H](C)c4ccccc4)ccc(C)c3n2)c(C)c1C. The number of rotatable bonds is 10. The molecule has 0 bridgehead atoms. The van der Waals surface area contributed by atoms with Gasteiger partial charge in [0.15, 0.2) is 5.76 Å². The van der Waals surface area contributed by atoms with Crippen LogP contribution < -0.4 is 9.46 Å². The zero-order chi connectivity index (χ0) is 28.3.